The molecule has 0 aliphatic rings. The molecule has 6 heteroatoms. The monoisotopic (exact) mass is 431 g/mol. The Kier molecular flexibility index (Phi) is 3.86. The van der Waals surface area contributed by atoms with Crippen molar-refractivity contribution in [2.45, 2.75) is 0 Å². The molecule has 0 saturated carbocycles. The first-order chi connectivity index (χ1) is 9.97. The molecule has 3 nitrogen and oxygen atoms in total. The zero-order valence-corrected chi connectivity index (χ0v) is 14.1. The first kappa shape index (κ1) is 14.7. The second kappa shape index (κ2) is 5.51. The van der Waals surface area contributed by atoms with Crippen molar-refractivity contribution in [1.82, 2.24) is 4.98 Å². The Hall–Kier alpha value is -1.24. The highest BCUT2D eigenvalue weighted by molar-refractivity contribution is 14.1. The van der Waals surface area contributed by atoms with Gasteiger partial charge in [-0.3, -0.25) is 4.79 Å². The maximum atomic E-state index is 12.2. The fourth-order valence-corrected chi connectivity index (χ4v) is 2.91. The summed E-state index contributed by atoms with van der Waals surface area (Å²) in [6.45, 7) is 0. The van der Waals surface area contributed by atoms with Crippen molar-refractivity contribution in [3.63, 3.8) is 0 Å². The first-order valence-corrected chi connectivity index (χ1v) is 7.81. The smallest absolute Gasteiger partial charge is 0.260 e. The van der Waals surface area contributed by atoms with Crippen LogP contribution in [0.4, 0.5) is 0 Å². The van der Waals surface area contributed by atoms with Crippen LogP contribution in [0.2, 0.25) is 10.0 Å². The van der Waals surface area contributed by atoms with E-state index in [9.17, 15) is 9.90 Å². The molecule has 0 spiro atoms. The molecule has 2 N–H and O–H groups in total. The summed E-state index contributed by atoms with van der Waals surface area (Å²) in [5, 5.41) is 12.1. The summed E-state index contributed by atoms with van der Waals surface area (Å²) in [5.74, 6) is -0.0642. The van der Waals surface area contributed by atoms with Gasteiger partial charge in [0, 0.05) is 14.0 Å². The Labute approximate surface area is 143 Å². The molecule has 2 aromatic carbocycles. The van der Waals surface area contributed by atoms with Crippen LogP contribution in [0.1, 0.15) is 0 Å². The van der Waals surface area contributed by atoms with E-state index in [-0.39, 0.29) is 16.9 Å². The Morgan fingerprint density at radius 1 is 1.10 bits per heavy atom. The summed E-state index contributed by atoms with van der Waals surface area (Å²) >= 11 is 14.0. The fourth-order valence-electron chi connectivity index (χ4n) is 2.16. The van der Waals surface area contributed by atoms with Crippen LogP contribution in [0.5, 0.6) is 5.75 Å². The van der Waals surface area contributed by atoms with Crippen molar-refractivity contribution in [3.8, 4) is 16.9 Å². The zero-order valence-electron chi connectivity index (χ0n) is 10.5. The third-order valence-corrected chi connectivity index (χ3v) is 4.94. The predicted octanol–water partition coefficient (Wildman–Crippen LogP) is 4.81. The van der Waals surface area contributed by atoms with E-state index in [1.165, 1.54) is 0 Å². The first-order valence-electron chi connectivity index (χ1n) is 5.97. The maximum absolute atomic E-state index is 12.2. The quantitative estimate of drug-likeness (QED) is 0.543. The molecule has 0 amide bonds. The Morgan fingerprint density at radius 3 is 2.43 bits per heavy atom. The summed E-state index contributed by atoms with van der Waals surface area (Å²) in [4.78, 5) is 15.0. The highest BCUT2D eigenvalue weighted by Gasteiger charge is 2.15. The summed E-state index contributed by atoms with van der Waals surface area (Å²) in [5.41, 5.74) is 0.947. The Balaban J connectivity index is 2.36. The number of hydrogen-bond donors (Lipinski definition) is 2. The van der Waals surface area contributed by atoms with Gasteiger partial charge in [-0.1, -0.05) is 35.3 Å². The number of fused-ring (bicyclic) bond motifs is 1. The number of benzene rings is 2. The summed E-state index contributed by atoms with van der Waals surface area (Å²) < 4.78 is 0.797. The molecule has 0 atom stereocenters. The molecule has 0 unspecified atom stereocenters. The van der Waals surface area contributed by atoms with E-state index in [2.05, 4.69) is 27.6 Å². The molecular formula is C15H8Cl2INO2. The van der Waals surface area contributed by atoms with E-state index in [1.807, 2.05) is 0 Å². The normalized spacial score (nSPS) is 11.0. The minimum atomic E-state index is -0.375. The molecule has 21 heavy (non-hydrogen) atoms. The minimum Gasteiger partial charge on any atom is -0.506 e. The number of nitrogens with one attached hydrogen (secondary N) is 1. The largest absolute Gasteiger partial charge is 0.506 e. The Bertz CT molecular complexity index is 904. The van der Waals surface area contributed by atoms with Gasteiger partial charge in [-0.25, -0.2) is 0 Å². The molecule has 0 bridgehead atoms. The number of halogens is 3. The minimum absolute atomic E-state index is 0.0642. The third kappa shape index (κ3) is 2.63. The van der Waals surface area contributed by atoms with Gasteiger partial charge in [0.25, 0.3) is 5.56 Å². The molecule has 0 fully saturated rings. The fraction of sp³-hybridized carbons (Fsp3) is 0. The molecule has 1 aromatic heterocycles. The van der Waals surface area contributed by atoms with Crippen LogP contribution in [0.15, 0.2) is 41.2 Å². The van der Waals surface area contributed by atoms with Gasteiger partial charge < -0.3 is 10.1 Å². The third-order valence-electron chi connectivity index (χ3n) is 3.16. The number of H-pyrrole nitrogens is 1. The van der Waals surface area contributed by atoms with Crippen molar-refractivity contribution >= 4 is 56.7 Å². The van der Waals surface area contributed by atoms with Crippen LogP contribution < -0.4 is 5.56 Å². The number of rotatable bonds is 1. The highest BCUT2D eigenvalue weighted by atomic mass is 127. The summed E-state index contributed by atoms with van der Waals surface area (Å²) in [6, 6.07) is 10.1. The second-order valence-electron chi connectivity index (χ2n) is 4.50. The van der Waals surface area contributed by atoms with Crippen LogP contribution in [-0.4, -0.2) is 10.1 Å². The number of pyridine rings is 1. The molecule has 0 aliphatic carbocycles. The lowest BCUT2D eigenvalue weighted by molar-refractivity contribution is 0.482. The lowest BCUT2D eigenvalue weighted by Gasteiger charge is -2.09. The molecule has 1 heterocycles. The van der Waals surface area contributed by atoms with Crippen LogP contribution in [0.25, 0.3) is 22.0 Å². The topological polar surface area (TPSA) is 53.1 Å². The molecule has 106 valence electrons. The number of aromatic nitrogens is 1. The van der Waals surface area contributed by atoms with Gasteiger partial charge in [-0.05, 0) is 52.4 Å². The lowest BCUT2D eigenvalue weighted by Crippen LogP contribution is -2.09. The SMILES string of the molecule is O=c1[nH]c2cc(Cl)c(I)cc2c(O)c1-c1ccc(Cl)cc1. The molecule has 0 radical (unpaired) electrons. The van der Waals surface area contributed by atoms with Gasteiger partial charge in [0.15, 0.2) is 0 Å². The van der Waals surface area contributed by atoms with Gasteiger partial charge in [0.1, 0.15) is 5.75 Å². The predicted molar refractivity (Wildman–Crippen MR) is 94.4 cm³/mol. The summed E-state index contributed by atoms with van der Waals surface area (Å²) in [7, 11) is 0. The highest BCUT2D eigenvalue weighted by Crippen LogP contribution is 2.35. The number of aromatic amines is 1. The van der Waals surface area contributed by atoms with Crippen molar-refractivity contribution in [1.29, 1.82) is 0 Å². The van der Waals surface area contributed by atoms with Crippen LogP contribution in [-0.2, 0) is 0 Å². The lowest BCUT2D eigenvalue weighted by atomic mass is 10.0. The Morgan fingerprint density at radius 2 is 1.76 bits per heavy atom. The van der Waals surface area contributed by atoms with Crippen LogP contribution >= 0.6 is 45.8 Å². The van der Waals surface area contributed by atoms with E-state index < -0.39 is 0 Å². The van der Waals surface area contributed by atoms with Gasteiger partial charge in [-0.15, -0.1) is 0 Å². The second-order valence-corrected chi connectivity index (χ2v) is 6.50. The van der Waals surface area contributed by atoms with Gasteiger partial charge >= 0.3 is 0 Å². The molecule has 0 aliphatic heterocycles. The van der Waals surface area contributed by atoms with Crippen molar-refractivity contribution < 1.29 is 5.11 Å². The van der Waals surface area contributed by atoms with Crippen molar-refractivity contribution in [2.24, 2.45) is 0 Å². The van der Waals surface area contributed by atoms with E-state index in [1.54, 1.807) is 36.4 Å². The van der Waals surface area contributed by atoms with Crippen molar-refractivity contribution in [2.75, 3.05) is 0 Å². The standard InChI is InChI=1S/C15H8Cl2INO2/c16-8-3-1-7(2-4-8)13-14(20)9-5-11(18)10(17)6-12(9)19-15(13)21/h1-6H,(H2,19,20,21). The van der Waals surface area contributed by atoms with E-state index in [0.29, 0.717) is 26.5 Å². The van der Waals surface area contributed by atoms with Crippen LogP contribution in [0.3, 0.4) is 0 Å². The zero-order chi connectivity index (χ0) is 15.1. The van der Waals surface area contributed by atoms with Crippen molar-refractivity contribution in [3.05, 3.63) is 60.4 Å². The van der Waals surface area contributed by atoms with Gasteiger partial charge in [0.2, 0.25) is 0 Å². The van der Waals surface area contributed by atoms with E-state index in [0.717, 1.165) is 3.57 Å². The number of hydrogen-bond acceptors (Lipinski definition) is 2. The maximum Gasteiger partial charge on any atom is 0.260 e. The average molecular weight is 432 g/mol. The molecule has 0 saturated heterocycles. The average Bonchev–Trinajstić information content (AvgIpc) is 2.43. The summed E-state index contributed by atoms with van der Waals surface area (Å²) in [6.07, 6.45) is 0. The molecular weight excluding hydrogens is 424 g/mol. The van der Waals surface area contributed by atoms with E-state index in [4.69, 9.17) is 23.2 Å². The van der Waals surface area contributed by atoms with Crippen LogP contribution in [0, 0.1) is 3.57 Å². The van der Waals surface area contributed by atoms with Gasteiger partial charge in [-0.2, -0.15) is 0 Å². The molecule has 3 aromatic rings. The molecule has 3 rings (SSSR count). The van der Waals surface area contributed by atoms with Gasteiger partial charge in [0.05, 0.1) is 16.1 Å². The number of aromatic hydroxyl groups is 1. The van der Waals surface area contributed by atoms with E-state index >= 15 is 0 Å².